The third-order valence-electron chi connectivity index (χ3n) is 4.81. The Morgan fingerprint density at radius 2 is 1.71 bits per heavy atom. The highest BCUT2D eigenvalue weighted by atomic mass is 16.8. The molecule has 1 unspecified atom stereocenters. The maximum Gasteiger partial charge on any atom is 0.172 e. The van der Waals surface area contributed by atoms with Crippen molar-refractivity contribution in [2.75, 3.05) is 33.7 Å². The summed E-state index contributed by atoms with van der Waals surface area (Å²) in [6.07, 6.45) is 1.75. The van der Waals surface area contributed by atoms with Gasteiger partial charge in [-0.25, -0.2) is 0 Å². The van der Waals surface area contributed by atoms with E-state index in [-0.39, 0.29) is 17.2 Å². The van der Waals surface area contributed by atoms with E-state index in [9.17, 15) is 0 Å². The van der Waals surface area contributed by atoms with Crippen LogP contribution in [0.3, 0.4) is 0 Å². The number of hydrogen-bond donors (Lipinski definition) is 0. The van der Waals surface area contributed by atoms with Crippen LogP contribution in [0.2, 0.25) is 0 Å². The molecule has 21 heavy (non-hydrogen) atoms. The van der Waals surface area contributed by atoms with Gasteiger partial charge in [0.1, 0.15) is 12.9 Å². The molecule has 0 aromatic rings. The second kappa shape index (κ2) is 6.13. The molecule has 0 aromatic heterocycles. The minimum atomic E-state index is -0.473. The SMILES string of the molecule is CCOCOCC1COC2(CC(C)(C)N(C)C(C)(C)C2)O1. The van der Waals surface area contributed by atoms with Gasteiger partial charge in [-0.15, -0.1) is 0 Å². The summed E-state index contributed by atoms with van der Waals surface area (Å²) in [4.78, 5) is 2.43. The second-order valence-corrected chi connectivity index (χ2v) is 7.48. The first-order valence-corrected chi connectivity index (χ1v) is 7.92. The fraction of sp³-hybridized carbons (Fsp3) is 1.00. The summed E-state index contributed by atoms with van der Waals surface area (Å²) in [5.74, 6) is -0.473. The molecule has 124 valence electrons. The summed E-state index contributed by atoms with van der Waals surface area (Å²) < 4.78 is 23.0. The molecule has 0 bridgehead atoms. The average Bonchev–Trinajstić information content (AvgIpc) is 2.73. The fourth-order valence-corrected chi connectivity index (χ4v) is 3.64. The summed E-state index contributed by atoms with van der Waals surface area (Å²) >= 11 is 0. The minimum absolute atomic E-state index is 0.000428. The highest BCUT2D eigenvalue weighted by molar-refractivity contribution is 5.04. The van der Waals surface area contributed by atoms with Crippen LogP contribution < -0.4 is 0 Å². The molecular formula is C16H31NO4. The van der Waals surface area contributed by atoms with E-state index < -0.39 is 5.79 Å². The van der Waals surface area contributed by atoms with Gasteiger partial charge in [0.15, 0.2) is 5.79 Å². The molecule has 1 atom stereocenters. The monoisotopic (exact) mass is 301 g/mol. The van der Waals surface area contributed by atoms with Crippen LogP contribution in [0.4, 0.5) is 0 Å². The maximum atomic E-state index is 6.26. The molecule has 5 heteroatoms. The number of hydrogen-bond acceptors (Lipinski definition) is 5. The smallest absolute Gasteiger partial charge is 0.172 e. The Balaban J connectivity index is 1.95. The fourth-order valence-electron chi connectivity index (χ4n) is 3.64. The van der Waals surface area contributed by atoms with Gasteiger partial charge in [0.25, 0.3) is 0 Å². The lowest BCUT2D eigenvalue weighted by atomic mass is 9.76. The zero-order valence-corrected chi connectivity index (χ0v) is 14.4. The van der Waals surface area contributed by atoms with Gasteiger partial charge in [-0.05, 0) is 41.7 Å². The van der Waals surface area contributed by atoms with Gasteiger partial charge in [0, 0.05) is 30.5 Å². The third kappa shape index (κ3) is 3.77. The van der Waals surface area contributed by atoms with Crippen LogP contribution >= 0.6 is 0 Å². The van der Waals surface area contributed by atoms with E-state index in [4.69, 9.17) is 18.9 Å². The van der Waals surface area contributed by atoms with E-state index in [0.717, 1.165) is 12.8 Å². The Morgan fingerprint density at radius 3 is 2.29 bits per heavy atom. The van der Waals surface area contributed by atoms with Crippen LogP contribution in [0.5, 0.6) is 0 Å². The molecule has 0 N–H and O–H groups in total. The van der Waals surface area contributed by atoms with Crippen molar-refractivity contribution < 1.29 is 18.9 Å². The van der Waals surface area contributed by atoms with E-state index in [1.54, 1.807) is 0 Å². The Labute approximate surface area is 128 Å². The first-order valence-electron chi connectivity index (χ1n) is 7.92. The molecule has 0 aromatic carbocycles. The molecule has 2 aliphatic heterocycles. The van der Waals surface area contributed by atoms with Crippen molar-refractivity contribution >= 4 is 0 Å². The molecule has 2 fully saturated rings. The van der Waals surface area contributed by atoms with Crippen molar-refractivity contribution in [1.29, 1.82) is 0 Å². The van der Waals surface area contributed by atoms with E-state index in [0.29, 0.717) is 26.6 Å². The second-order valence-electron chi connectivity index (χ2n) is 7.48. The summed E-state index contributed by atoms with van der Waals surface area (Å²) in [6.45, 7) is 13.1. The van der Waals surface area contributed by atoms with Crippen LogP contribution in [0.25, 0.3) is 0 Å². The summed E-state index contributed by atoms with van der Waals surface area (Å²) in [5.41, 5.74) is 0.0889. The molecule has 0 saturated carbocycles. The number of likely N-dealkylation sites (tertiary alicyclic amines) is 1. The van der Waals surface area contributed by atoms with Crippen molar-refractivity contribution in [1.82, 2.24) is 4.90 Å². The lowest BCUT2D eigenvalue weighted by Gasteiger charge is -2.56. The third-order valence-corrected chi connectivity index (χ3v) is 4.81. The van der Waals surface area contributed by atoms with Crippen LogP contribution in [0, 0.1) is 0 Å². The lowest BCUT2D eigenvalue weighted by molar-refractivity contribution is -0.245. The van der Waals surface area contributed by atoms with Gasteiger partial charge in [-0.1, -0.05) is 0 Å². The van der Waals surface area contributed by atoms with Gasteiger partial charge in [0.2, 0.25) is 0 Å². The van der Waals surface area contributed by atoms with Gasteiger partial charge in [-0.3, -0.25) is 4.90 Å². The molecule has 0 radical (unpaired) electrons. The molecule has 5 nitrogen and oxygen atoms in total. The predicted octanol–water partition coefficient (Wildman–Crippen LogP) is 2.39. The zero-order valence-electron chi connectivity index (χ0n) is 14.4. The Morgan fingerprint density at radius 1 is 1.10 bits per heavy atom. The first-order chi connectivity index (χ1) is 9.71. The van der Waals surface area contributed by atoms with Gasteiger partial charge >= 0.3 is 0 Å². The zero-order chi connectivity index (χ0) is 15.7. The molecule has 1 spiro atoms. The van der Waals surface area contributed by atoms with Crippen molar-refractivity contribution in [3.05, 3.63) is 0 Å². The van der Waals surface area contributed by atoms with E-state index in [1.165, 1.54) is 0 Å². The summed E-state index contributed by atoms with van der Waals surface area (Å²) in [6, 6.07) is 0. The standard InChI is InChI=1S/C16H31NO4/c1-7-18-12-19-8-13-9-20-16(21-13)10-14(2,3)17(6)15(4,5)11-16/h13H,7-12H2,1-6H3. The van der Waals surface area contributed by atoms with Crippen molar-refractivity contribution in [2.45, 2.75) is 70.4 Å². The predicted molar refractivity (Wildman–Crippen MR) is 81.2 cm³/mol. The number of ether oxygens (including phenoxy) is 4. The molecular weight excluding hydrogens is 270 g/mol. The molecule has 2 heterocycles. The Hall–Kier alpha value is -0.200. The average molecular weight is 301 g/mol. The van der Waals surface area contributed by atoms with Crippen molar-refractivity contribution in [2.24, 2.45) is 0 Å². The molecule has 0 amide bonds. The van der Waals surface area contributed by atoms with E-state index in [1.807, 2.05) is 6.92 Å². The lowest BCUT2D eigenvalue weighted by Crippen LogP contribution is -2.64. The number of piperidine rings is 1. The van der Waals surface area contributed by atoms with Crippen LogP contribution in [0.1, 0.15) is 47.5 Å². The maximum absolute atomic E-state index is 6.26. The number of rotatable bonds is 5. The van der Waals surface area contributed by atoms with Crippen molar-refractivity contribution in [3.8, 4) is 0 Å². The normalized spacial score (nSPS) is 30.9. The highest BCUT2D eigenvalue weighted by Gasteiger charge is 2.55. The van der Waals surface area contributed by atoms with Gasteiger partial charge < -0.3 is 18.9 Å². The van der Waals surface area contributed by atoms with Crippen LogP contribution in [-0.4, -0.2) is 61.5 Å². The highest BCUT2D eigenvalue weighted by Crippen LogP contribution is 2.47. The summed E-state index contributed by atoms with van der Waals surface area (Å²) in [5, 5.41) is 0. The Bertz CT molecular complexity index is 338. The Kier molecular flexibility index (Phi) is 5.01. The van der Waals surface area contributed by atoms with Crippen molar-refractivity contribution in [3.63, 3.8) is 0 Å². The first kappa shape index (κ1) is 17.2. The molecule has 2 saturated heterocycles. The number of nitrogens with zero attached hydrogens (tertiary/aromatic N) is 1. The minimum Gasteiger partial charge on any atom is -0.356 e. The van der Waals surface area contributed by atoms with Crippen LogP contribution in [0.15, 0.2) is 0 Å². The quantitative estimate of drug-likeness (QED) is 0.576. The van der Waals surface area contributed by atoms with Crippen LogP contribution in [-0.2, 0) is 18.9 Å². The topological polar surface area (TPSA) is 40.2 Å². The molecule has 2 rings (SSSR count). The largest absolute Gasteiger partial charge is 0.356 e. The van der Waals surface area contributed by atoms with E-state index >= 15 is 0 Å². The van der Waals surface area contributed by atoms with E-state index in [2.05, 4.69) is 39.6 Å². The summed E-state index contributed by atoms with van der Waals surface area (Å²) in [7, 11) is 2.19. The van der Waals surface area contributed by atoms with Gasteiger partial charge in [0.05, 0.1) is 13.2 Å². The molecule has 0 aliphatic carbocycles. The molecule has 2 aliphatic rings. The van der Waals surface area contributed by atoms with Gasteiger partial charge in [-0.2, -0.15) is 0 Å².